The number of amides is 1. The van der Waals surface area contributed by atoms with Crippen LogP contribution >= 0.6 is 24.0 Å². The molecule has 0 unspecified atom stereocenters. The molecule has 3 aromatic rings. The highest BCUT2D eigenvalue weighted by Crippen LogP contribution is 2.37. The van der Waals surface area contributed by atoms with Crippen molar-refractivity contribution in [1.82, 2.24) is 15.2 Å². The fraction of sp³-hybridized carbons (Fsp3) is 0.406. The normalized spacial score (nSPS) is 18.2. The van der Waals surface area contributed by atoms with Crippen molar-refractivity contribution < 1.29 is 24.2 Å². The number of pyridine rings is 1. The standard InChI is InChI=1S/C32H38ClN3O5.ClH/c1-21-8-5-6-9-24(21)25-11-13-27(30(38)35-32(31(39)40-4)16-14-23(37)15-17-32)34-29(25)22-10-12-26(33)28(20-22)41-19-7-18-36(2)3;/h5-6,8-13,20,23,37H,7,14-19H2,1-4H3,(H,35,38);1H/t23-,32+;. The van der Waals surface area contributed by atoms with E-state index in [2.05, 4.69) is 10.2 Å². The van der Waals surface area contributed by atoms with E-state index in [1.165, 1.54) is 7.11 Å². The molecule has 1 aliphatic carbocycles. The molecule has 2 N–H and O–H groups in total. The summed E-state index contributed by atoms with van der Waals surface area (Å²) in [6.07, 6.45) is 1.69. The number of ether oxygens (including phenoxy) is 2. The molecule has 2 aromatic carbocycles. The van der Waals surface area contributed by atoms with E-state index in [1.807, 2.05) is 63.5 Å². The Kier molecular flexibility index (Phi) is 11.8. The first-order chi connectivity index (χ1) is 19.6. The van der Waals surface area contributed by atoms with E-state index < -0.39 is 23.5 Å². The highest BCUT2D eigenvalue weighted by Gasteiger charge is 2.44. The van der Waals surface area contributed by atoms with Gasteiger partial charge in [-0.2, -0.15) is 0 Å². The van der Waals surface area contributed by atoms with Crippen LogP contribution in [0.1, 0.15) is 48.2 Å². The SMILES string of the molecule is COC(=O)[C@]1(NC(=O)c2ccc(-c3ccccc3C)c(-c3ccc(Cl)c(OCCCN(C)C)c3)n2)CC[C@@H](O)CC1.Cl. The van der Waals surface area contributed by atoms with Crippen LogP contribution < -0.4 is 10.1 Å². The molecule has 226 valence electrons. The Balaban J connectivity index is 0.00000484. The predicted octanol–water partition coefficient (Wildman–Crippen LogP) is 5.71. The average molecular weight is 617 g/mol. The zero-order valence-corrected chi connectivity index (χ0v) is 26.1. The third-order valence-electron chi connectivity index (χ3n) is 7.51. The lowest BCUT2D eigenvalue weighted by Crippen LogP contribution is -2.57. The molecule has 0 atom stereocenters. The fourth-order valence-electron chi connectivity index (χ4n) is 5.17. The van der Waals surface area contributed by atoms with Gasteiger partial charge in [-0.15, -0.1) is 12.4 Å². The second-order valence-corrected chi connectivity index (χ2v) is 11.2. The molecular weight excluding hydrogens is 577 g/mol. The number of benzene rings is 2. The molecule has 1 amide bonds. The first-order valence-electron chi connectivity index (χ1n) is 13.9. The Labute approximate surface area is 258 Å². The van der Waals surface area contributed by atoms with Gasteiger partial charge >= 0.3 is 5.97 Å². The molecular formula is C32H39Cl2N3O5. The largest absolute Gasteiger partial charge is 0.492 e. The summed E-state index contributed by atoms with van der Waals surface area (Å²) >= 11 is 6.48. The van der Waals surface area contributed by atoms with Gasteiger partial charge in [0.1, 0.15) is 17.0 Å². The Morgan fingerprint density at radius 1 is 1.10 bits per heavy atom. The van der Waals surface area contributed by atoms with E-state index in [1.54, 1.807) is 12.1 Å². The third-order valence-corrected chi connectivity index (χ3v) is 7.82. The highest BCUT2D eigenvalue weighted by atomic mass is 35.5. The van der Waals surface area contributed by atoms with Gasteiger partial charge in [0.25, 0.3) is 5.91 Å². The van der Waals surface area contributed by atoms with Crippen molar-refractivity contribution in [3.05, 3.63) is 70.9 Å². The number of nitrogens with zero attached hydrogens (tertiary/aromatic N) is 2. The maximum Gasteiger partial charge on any atom is 0.331 e. The number of aliphatic hydroxyl groups excluding tert-OH is 1. The molecule has 0 bridgehead atoms. The number of carbonyl (C=O) groups is 2. The van der Waals surface area contributed by atoms with Crippen LogP contribution in [0.15, 0.2) is 54.6 Å². The van der Waals surface area contributed by atoms with Crippen molar-refractivity contribution in [1.29, 1.82) is 0 Å². The molecule has 1 saturated carbocycles. The lowest BCUT2D eigenvalue weighted by atomic mass is 9.80. The van der Waals surface area contributed by atoms with Crippen LogP contribution in [0.5, 0.6) is 5.75 Å². The minimum atomic E-state index is -1.21. The number of hydrogen-bond donors (Lipinski definition) is 2. The summed E-state index contributed by atoms with van der Waals surface area (Å²) in [5.74, 6) is -0.470. The van der Waals surface area contributed by atoms with E-state index in [9.17, 15) is 14.7 Å². The Bertz CT molecular complexity index is 1390. The summed E-state index contributed by atoms with van der Waals surface area (Å²) in [6.45, 7) is 3.42. The van der Waals surface area contributed by atoms with E-state index in [0.29, 0.717) is 35.9 Å². The predicted molar refractivity (Wildman–Crippen MR) is 167 cm³/mol. The topological polar surface area (TPSA) is 101 Å². The van der Waals surface area contributed by atoms with Gasteiger partial charge in [0.2, 0.25) is 0 Å². The maximum absolute atomic E-state index is 13.6. The van der Waals surface area contributed by atoms with Crippen LogP contribution in [0.4, 0.5) is 0 Å². The highest BCUT2D eigenvalue weighted by molar-refractivity contribution is 6.32. The maximum atomic E-state index is 13.6. The second-order valence-electron chi connectivity index (χ2n) is 10.8. The van der Waals surface area contributed by atoms with Gasteiger partial charge in [-0.1, -0.05) is 41.9 Å². The molecule has 0 radical (unpaired) electrons. The zero-order chi connectivity index (χ0) is 29.6. The number of methoxy groups -OCH3 is 1. The van der Waals surface area contributed by atoms with Crippen LogP contribution in [0, 0.1) is 6.92 Å². The summed E-state index contributed by atoms with van der Waals surface area (Å²) in [5, 5.41) is 13.4. The number of aryl methyl sites for hydroxylation is 1. The van der Waals surface area contributed by atoms with Gasteiger partial charge in [0.05, 0.1) is 30.5 Å². The second kappa shape index (κ2) is 14.8. The lowest BCUT2D eigenvalue weighted by Gasteiger charge is -2.36. The van der Waals surface area contributed by atoms with Crippen molar-refractivity contribution >= 4 is 35.9 Å². The van der Waals surface area contributed by atoms with Crippen LogP contribution in [0.2, 0.25) is 5.02 Å². The van der Waals surface area contributed by atoms with Crippen LogP contribution in [-0.4, -0.2) is 72.9 Å². The molecule has 1 heterocycles. The molecule has 0 saturated heterocycles. The quantitative estimate of drug-likeness (QED) is 0.223. The first-order valence-corrected chi connectivity index (χ1v) is 14.2. The summed E-state index contributed by atoms with van der Waals surface area (Å²) in [5.41, 5.74) is 3.18. The lowest BCUT2D eigenvalue weighted by molar-refractivity contribution is -0.150. The zero-order valence-electron chi connectivity index (χ0n) is 24.5. The monoisotopic (exact) mass is 615 g/mol. The van der Waals surface area contributed by atoms with Gasteiger partial charge in [-0.3, -0.25) is 4.79 Å². The molecule has 8 nitrogen and oxygen atoms in total. The van der Waals surface area contributed by atoms with Gasteiger partial charge < -0.3 is 24.8 Å². The van der Waals surface area contributed by atoms with Crippen LogP contribution in [-0.2, 0) is 9.53 Å². The number of carbonyl (C=O) groups excluding carboxylic acids is 2. The Hall–Kier alpha value is -3.17. The molecule has 1 fully saturated rings. The van der Waals surface area contributed by atoms with E-state index in [0.717, 1.165) is 35.2 Å². The number of nitrogens with one attached hydrogen (secondary N) is 1. The number of rotatable bonds is 10. The molecule has 10 heteroatoms. The summed E-state index contributed by atoms with van der Waals surface area (Å²) < 4.78 is 11.1. The summed E-state index contributed by atoms with van der Waals surface area (Å²) in [4.78, 5) is 33.3. The minimum Gasteiger partial charge on any atom is -0.492 e. The molecule has 0 aliphatic heterocycles. The first kappa shape index (κ1) is 33.3. The molecule has 0 spiro atoms. The minimum absolute atomic E-state index is 0. The van der Waals surface area contributed by atoms with E-state index in [-0.39, 0.29) is 30.9 Å². The van der Waals surface area contributed by atoms with Crippen LogP contribution in [0.25, 0.3) is 22.4 Å². The van der Waals surface area contributed by atoms with Gasteiger partial charge in [-0.25, -0.2) is 9.78 Å². The van der Waals surface area contributed by atoms with E-state index in [4.69, 9.17) is 26.1 Å². The summed E-state index contributed by atoms with van der Waals surface area (Å²) in [6, 6.07) is 17.0. The number of hydrogen-bond acceptors (Lipinski definition) is 7. The van der Waals surface area contributed by atoms with Gasteiger partial charge in [0.15, 0.2) is 0 Å². The van der Waals surface area contributed by atoms with Gasteiger partial charge in [0, 0.05) is 17.7 Å². The Morgan fingerprint density at radius 3 is 2.48 bits per heavy atom. The fourth-order valence-corrected chi connectivity index (χ4v) is 5.35. The van der Waals surface area contributed by atoms with Gasteiger partial charge in [-0.05, 0) is 88.5 Å². The third kappa shape index (κ3) is 7.81. The molecule has 42 heavy (non-hydrogen) atoms. The van der Waals surface area contributed by atoms with E-state index >= 15 is 0 Å². The molecule has 1 aliphatic rings. The number of esters is 1. The van der Waals surface area contributed by atoms with Crippen molar-refractivity contribution in [2.75, 3.05) is 34.4 Å². The van der Waals surface area contributed by atoms with Crippen molar-refractivity contribution in [2.45, 2.75) is 50.7 Å². The summed E-state index contributed by atoms with van der Waals surface area (Å²) in [7, 11) is 5.33. The smallest absolute Gasteiger partial charge is 0.331 e. The van der Waals surface area contributed by atoms with Crippen molar-refractivity contribution in [2.24, 2.45) is 0 Å². The molecule has 4 rings (SSSR count). The number of aliphatic hydroxyl groups is 1. The Morgan fingerprint density at radius 2 is 1.81 bits per heavy atom. The number of aromatic nitrogens is 1. The number of halogens is 2. The average Bonchev–Trinajstić information content (AvgIpc) is 2.97. The van der Waals surface area contributed by atoms with Crippen molar-refractivity contribution in [3.63, 3.8) is 0 Å². The van der Waals surface area contributed by atoms with Crippen molar-refractivity contribution in [3.8, 4) is 28.1 Å². The molecule has 1 aromatic heterocycles. The van der Waals surface area contributed by atoms with Crippen LogP contribution in [0.3, 0.4) is 0 Å².